The summed E-state index contributed by atoms with van der Waals surface area (Å²) in [6, 6.07) is 4.37. The second-order valence-corrected chi connectivity index (χ2v) is 9.50. The first-order valence-electron chi connectivity index (χ1n) is 8.94. The number of thioether (sulfide) groups is 1. The van der Waals surface area contributed by atoms with Gasteiger partial charge in [0.2, 0.25) is 11.0 Å². The van der Waals surface area contributed by atoms with Crippen molar-refractivity contribution in [3.63, 3.8) is 0 Å². The summed E-state index contributed by atoms with van der Waals surface area (Å²) in [4.78, 5) is 22.8. The first kappa shape index (κ1) is 20.8. The number of nitro benzene ring substituents is 1. The van der Waals surface area contributed by atoms with Crippen molar-refractivity contribution in [1.82, 2.24) is 10.2 Å². The smallest absolute Gasteiger partial charge is 0.271 e. The van der Waals surface area contributed by atoms with E-state index in [1.165, 1.54) is 60.6 Å². The van der Waals surface area contributed by atoms with Gasteiger partial charge < -0.3 is 10.6 Å². The molecule has 150 valence electrons. The molecule has 0 spiro atoms. The van der Waals surface area contributed by atoms with Crippen molar-refractivity contribution in [3.8, 4) is 0 Å². The van der Waals surface area contributed by atoms with Crippen molar-refractivity contribution in [2.75, 3.05) is 10.6 Å². The summed E-state index contributed by atoms with van der Waals surface area (Å²) in [7, 11) is 0. The predicted molar refractivity (Wildman–Crippen MR) is 112 cm³/mol. The number of non-ortho nitro benzene ring substituents is 1. The standard InChI is InChI=1S/C17H20ClN5O3S2/c1-10(15(24)20-14-9-12(23(25)26)7-8-13(14)18)27-17-22-21-16(28-17)19-11-5-3-2-4-6-11/h7-11H,2-6H2,1H3,(H,19,21)(H,20,24). The van der Waals surface area contributed by atoms with Crippen LogP contribution in [0.4, 0.5) is 16.5 Å². The first-order chi connectivity index (χ1) is 13.4. The van der Waals surface area contributed by atoms with Crippen molar-refractivity contribution in [1.29, 1.82) is 0 Å². The molecule has 0 bridgehead atoms. The maximum Gasteiger partial charge on any atom is 0.271 e. The van der Waals surface area contributed by atoms with E-state index in [2.05, 4.69) is 20.8 Å². The molecule has 28 heavy (non-hydrogen) atoms. The fraction of sp³-hybridized carbons (Fsp3) is 0.471. The van der Waals surface area contributed by atoms with Crippen LogP contribution in [0.25, 0.3) is 0 Å². The maximum atomic E-state index is 12.5. The van der Waals surface area contributed by atoms with Gasteiger partial charge in [-0.2, -0.15) is 0 Å². The van der Waals surface area contributed by atoms with Gasteiger partial charge in [0.05, 0.1) is 20.9 Å². The molecule has 0 saturated heterocycles. The van der Waals surface area contributed by atoms with Gasteiger partial charge in [-0.25, -0.2) is 0 Å². The number of rotatable bonds is 7. The Kier molecular flexibility index (Phi) is 7.08. The van der Waals surface area contributed by atoms with Crippen LogP contribution in [0, 0.1) is 10.1 Å². The third-order valence-electron chi connectivity index (χ3n) is 4.40. The molecule has 1 fully saturated rings. The molecule has 1 unspecified atom stereocenters. The molecule has 3 rings (SSSR count). The lowest BCUT2D eigenvalue weighted by molar-refractivity contribution is -0.384. The molecule has 1 heterocycles. The van der Waals surface area contributed by atoms with Gasteiger partial charge in [-0.1, -0.05) is 54.0 Å². The third-order valence-corrected chi connectivity index (χ3v) is 6.77. The summed E-state index contributed by atoms with van der Waals surface area (Å²) < 4.78 is 0.686. The van der Waals surface area contributed by atoms with Gasteiger partial charge in [0, 0.05) is 18.2 Å². The highest BCUT2D eigenvalue weighted by molar-refractivity contribution is 8.02. The van der Waals surface area contributed by atoms with Gasteiger partial charge in [0.1, 0.15) is 0 Å². The van der Waals surface area contributed by atoms with Crippen LogP contribution < -0.4 is 10.6 Å². The summed E-state index contributed by atoms with van der Waals surface area (Å²) in [5.74, 6) is -0.315. The Labute approximate surface area is 175 Å². The Balaban J connectivity index is 1.57. The van der Waals surface area contributed by atoms with Crippen LogP contribution in [-0.2, 0) is 4.79 Å². The van der Waals surface area contributed by atoms with Gasteiger partial charge in [0.25, 0.3) is 5.69 Å². The molecule has 2 aromatic rings. The van der Waals surface area contributed by atoms with E-state index in [-0.39, 0.29) is 22.3 Å². The molecule has 0 radical (unpaired) electrons. The number of nitrogens with one attached hydrogen (secondary N) is 2. The van der Waals surface area contributed by atoms with E-state index in [1.807, 2.05) is 0 Å². The quantitative estimate of drug-likeness (QED) is 0.354. The summed E-state index contributed by atoms with van der Waals surface area (Å²) in [6.45, 7) is 1.74. The number of aromatic nitrogens is 2. The van der Waals surface area contributed by atoms with Crippen LogP contribution in [0.15, 0.2) is 22.5 Å². The molecule has 1 aromatic carbocycles. The molecule has 2 N–H and O–H groups in total. The van der Waals surface area contributed by atoms with Gasteiger partial charge in [-0.3, -0.25) is 14.9 Å². The summed E-state index contributed by atoms with van der Waals surface area (Å²) in [5.41, 5.74) is 0.0767. The number of hydrogen-bond acceptors (Lipinski definition) is 8. The Morgan fingerprint density at radius 3 is 2.82 bits per heavy atom. The van der Waals surface area contributed by atoms with E-state index in [0.717, 1.165) is 18.0 Å². The second kappa shape index (κ2) is 9.53. The Bertz CT molecular complexity index is 857. The van der Waals surface area contributed by atoms with Crippen LogP contribution in [0.2, 0.25) is 5.02 Å². The van der Waals surface area contributed by atoms with E-state index >= 15 is 0 Å². The highest BCUT2D eigenvalue weighted by Crippen LogP contribution is 2.32. The van der Waals surface area contributed by atoms with E-state index in [9.17, 15) is 14.9 Å². The molecule has 1 aromatic heterocycles. The van der Waals surface area contributed by atoms with Gasteiger partial charge in [-0.05, 0) is 25.8 Å². The van der Waals surface area contributed by atoms with Crippen LogP contribution in [0.3, 0.4) is 0 Å². The third kappa shape index (κ3) is 5.55. The summed E-state index contributed by atoms with van der Waals surface area (Å²) in [5, 5.41) is 25.8. The van der Waals surface area contributed by atoms with Gasteiger partial charge in [-0.15, -0.1) is 10.2 Å². The fourth-order valence-corrected chi connectivity index (χ4v) is 5.04. The fourth-order valence-electron chi connectivity index (χ4n) is 2.90. The van der Waals surface area contributed by atoms with E-state index in [0.29, 0.717) is 10.4 Å². The van der Waals surface area contributed by atoms with Gasteiger partial charge >= 0.3 is 0 Å². The van der Waals surface area contributed by atoms with Crippen LogP contribution in [0.5, 0.6) is 0 Å². The number of benzene rings is 1. The number of halogens is 1. The average Bonchev–Trinajstić information content (AvgIpc) is 3.10. The average molecular weight is 442 g/mol. The molecule has 11 heteroatoms. The lowest BCUT2D eigenvalue weighted by atomic mass is 9.96. The van der Waals surface area contributed by atoms with Crippen molar-refractivity contribution in [3.05, 3.63) is 33.3 Å². The second-order valence-electron chi connectivity index (χ2n) is 6.52. The topological polar surface area (TPSA) is 110 Å². The van der Waals surface area contributed by atoms with Crippen molar-refractivity contribution in [2.45, 2.75) is 54.7 Å². The minimum atomic E-state index is -0.535. The van der Waals surface area contributed by atoms with E-state index in [1.54, 1.807) is 6.92 Å². The zero-order valence-electron chi connectivity index (χ0n) is 15.2. The van der Waals surface area contributed by atoms with Crippen molar-refractivity contribution < 1.29 is 9.72 Å². The van der Waals surface area contributed by atoms with Crippen LogP contribution >= 0.6 is 34.7 Å². The molecule has 1 atom stereocenters. The number of nitro groups is 1. The molecule has 8 nitrogen and oxygen atoms in total. The maximum absolute atomic E-state index is 12.5. The van der Waals surface area contributed by atoms with Crippen LogP contribution in [0.1, 0.15) is 39.0 Å². The van der Waals surface area contributed by atoms with Crippen molar-refractivity contribution in [2.24, 2.45) is 0 Å². The summed E-state index contributed by atoms with van der Waals surface area (Å²) in [6.07, 6.45) is 6.04. The molecular weight excluding hydrogens is 422 g/mol. The SMILES string of the molecule is CC(Sc1nnc(NC2CCCCC2)s1)C(=O)Nc1cc([N+](=O)[O-])ccc1Cl. The Morgan fingerprint density at radius 1 is 1.36 bits per heavy atom. The van der Waals surface area contributed by atoms with E-state index in [4.69, 9.17) is 11.6 Å². The Hall–Kier alpha value is -1.91. The van der Waals surface area contributed by atoms with Crippen molar-refractivity contribution >= 4 is 57.1 Å². The van der Waals surface area contributed by atoms with E-state index < -0.39 is 10.2 Å². The van der Waals surface area contributed by atoms with Crippen LogP contribution in [-0.4, -0.2) is 32.3 Å². The minimum Gasteiger partial charge on any atom is -0.357 e. The molecule has 1 saturated carbocycles. The summed E-state index contributed by atoms with van der Waals surface area (Å²) >= 11 is 8.74. The predicted octanol–water partition coefficient (Wildman–Crippen LogP) is 4.96. The highest BCUT2D eigenvalue weighted by Gasteiger charge is 2.20. The highest BCUT2D eigenvalue weighted by atomic mass is 35.5. The normalized spacial score (nSPS) is 15.8. The number of carbonyl (C=O) groups excluding carboxylic acids is 1. The number of carbonyl (C=O) groups is 1. The largest absolute Gasteiger partial charge is 0.357 e. The first-order valence-corrected chi connectivity index (χ1v) is 11.0. The lowest BCUT2D eigenvalue weighted by Crippen LogP contribution is -2.22. The zero-order chi connectivity index (χ0) is 20.1. The number of anilines is 2. The minimum absolute atomic E-state index is 0.137. The zero-order valence-corrected chi connectivity index (χ0v) is 17.6. The number of nitrogens with zero attached hydrogens (tertiary/aromatic N) is 3. The Morgan fingerprint density at radius 2 is 2.11 bits per heavy atom. The molecule has 1 amide bonds. The molecular formula is C17H20ClN5O3S2. The molecule has 1 aliphatic rings. The monoisotopic (exact) mass is 441 g/mol. The molecule has 1 aliphatic carbocycles. The molecule has 0 aliphatic heterocycles. The number of amides is 1. The lowest BCUT2D eigenvalue weighted by Gasteiger charge is -2.21. The number of hydrogen-bond donors (Lipinski definition) is 2. The van der Waals surface area contributed by atoms with Gasteiger partial charge in [0.15, 0.2) is 4.34 Å².